The van der Waals surface area contributed by atoms with Crippen LogP contribution in [-0.4, -0.2) is 37.2 Å². The standard InChI is InChI=1S/C11H17N3O2/c1-8-4-3-5-10(13-8)11(15)14-9(6-12)7-16-2/h3-5,9H,6-7,12H2,1-2H3,(H,14,15). The number of ether oxygens (including phenoxy) is 1. The van der Waals surface area contributed by atoms with Gasteiger partial charge in [0.15, 0.2) is 0 Å². The Kier molecular flexibility index (Phi) is 4.88. The number of hydrogen-bond donors (Lipinski definition) is 2. The lowest BCUT2D eigenvalue weighted by molar-refractivity contribution is 0.0895. The highest BCUT2D eigenvalue weighted by molar-refractivity contribution is 5.92. The van der Waals surface area contributed by atoms with Gasteiger partial charge in [-0.3, -0.25) is 4.79 Å². The minimum absolute atomic E-state index is 0.181. The van der Waals surface area contributed by atoms with E-state index in [0.29, 0.717) is 18.8 Å². The van der Waals surface area contributed by atoms with Crippen LogP contribution in [0.15, 0.2) is 18.2 Å². The topological polar surface area (TPSA) is 77.2 Å². The number of nitrogens with one attached hydrogen (secondary N) is 1. The molecule has 1 rings (SSSR count). The van der Waals surface area contributed by atoms with Crippen LogP contribution in [0.5, 0.6) is 0 Å². The molecule has 1 heterocycles. The Morgan fingerprint density at radius 2 is 2.38 bits per heavy atom. The van der Waals surface area contributed by atoms with Gasteiger partial charge < -0.3 is 15.8 Å². The molecular weight excluding hydrogens is 206 g/mol. The average molecular weight is 223 g/mol. The molecule has 1 unspecified atom stereocenters. The highest BCUT2D eigenvalue weighted by Crippen LogP contribution is 1.98. The minimum Gasteiger partial charge on any atom is -0.383 e. The molecule has 1 atom stereocenters. The molecule has 0 aliphatic rings. The third-order valence-electron chi connectivity index (χ3n) is 2.11. The Bertz CT molecular complexity index is 355. The maximum atomic E-state index is 11.8. The third-order valence-corrected chi connectivity index (χ3v) is 2.11. The van der Waals surface area contributed by atoms with E-state index in [9.17, 15) is 4.79 Å². The summed E-state index contributed by atoms with van der Waals surface area (Å²) in [5.74, 6) is -0.226. The molecule has 0 spiro atoms. The lowest BCUT2D eigenvalue weighted by Gasteiger charge is -2.15. The van der Waals surface area contributed by atoms with Gasteiger partial charge in [-0.05, 0) is 19.1 Å². The van der Waals surface area contributed by atoms with E-state index < -0.39 is 0 Å². The molecule has 3 N–H and O–H groups in total. The number of carbonyl (C=O) groups excluding carboxylic acids is 1. The van der Waals surface area contributed by atoms with Crippen LogP contribution >= 0.6 is 0 Å². The van der Waals surface area contributed by atoms with E-state index in [1.54, 1.807) is 19.2 Å². The number of amides is 1. The minimum atomic E-state index is -0.226. The molecule has 16 heavy (non-hydrogen) atoms. The summed E-state index contributed by atoms with van der Waals surface area (Å²) in [6.45, 7) is 2.58. The van der Waals surface area contributed by atoms with Gasteiger partial charge in [-0.25, -0.2) is 4.98 Å². The van der Waals surface area contributed by atoms with Crippen molar-refractivity contribution in [2.75, 3.05) is 20.3 Å². The first-order valence-electron chi connectivity index (χ1n) is 5.11. The van der Waals surface area contributed by atoms with Gasteiger partial charge in [0.1, 0.15) is 5.69 Å². The first-order chi connectivity index (χ1) is 7.67. The van der Waals surface area contributed by atoms with Gasteiger partial charge in [0.2, 0.25) is 0 Å². The summed E-state index contributed by atoms with van der Waals surface area (Å²) in [5.41, 5.74) is 6.71. The second-order valence-corrected chi connectivity index (χ2v) is 3.53. The molecule has 0 aliphatic carbocycles. The molecule has 0 saturated carbocycles. The zero-order valence-electron chi connectivity index (χ0n) is 9.56. The number of carbonyl (C=O) groups is 1. The van der Waals surface area contributed by atoms with Crippen molar-refractivity contribution < 1.29 is 9.53 Å². The molecule has 1 amide bonds. The Morgan fingerprint density at radius 1 is 1.62 bits per heavy atom. The van der Waals surface area contributed by atoms with Gasteiger partial charge in [-0.1, -0.05) is 6.07 Å². The quantitative estimate of drug-likeness (QED) is 0.742. The van der Waals surface area contributed by atoms with Crippen LogP contribution < -0.4 is 11.1 Å². The van der Waals surface area contributed by atoms with Crippen molar-refractivity contribution in [3.63, 3.8) is 0 Å². The summed E-state index contributed by atoms with van der Waals surface area (Å²) in [7, 11) is 1.57. The molecule has 88 valence electrons. The number of hydrogen-bond acceptors (Lipinski definition) is 4. The molecule has 1 aromatic heterocycles. The lowest BCUT2D eigenvalue weighted by atomic mass is 10.2. The first-order valence-corrected chi connectivity index (χ1v) is 5.11. The van der Waals surface area contributed by atoms with Crippen LogP contribution in [0.25, 0.3) is 0 Å². The number of pyridine rings is 1. The number of nitrogens with zero attached hydrogens (tertiary/aromatic N) is 1. The molecule has 0 radical (unpaired) electrons. The smallest absolute Gasteiger partial charge is 0.270 e. The van der Waals surface area contributed by atoms with Gasteiger partial charge in [0, 0.05) is 19.3 Å². The third kappa shape index (κ3) is 3.60. The second-order valence-electron chi connectivity index (χ2n) is 3.53. The molecular formula is C11H17N3O2. The average Bonchev–Trinajstić information content (AvgIpc) is 2.28. The van der Waals surface area contributed by atoms with E-state index in [4.69, 9.17) is 10.5 Å². The van der Waals surface area contributed by atoms with Crippen LogP contribution in [0.4, 0.5) is 0 Å². The normalized spacial score (nSPS) is 12.2. The molecule has 0 aliphatic heterocycles. The van der Waals surface area contributed by atoms with Crippen molar-refractivity contribution in [3.05, 3.63) is 29.6 Å². The Balaban J connectivity index is 2.64. The van der Waals surface area contributed by atoms with Crippen LogP contribution in [-0.2, 0) is 4.74 Å². The number of nitrogens with two attached hydrogens (primary N) is 1. The van der Waals surface area contributed by atoms with E-state index in [-0.39, 0.29) is 11.9 Å². The Hall–Kier alpha value is -1.46. The predicted octanol–water partition coefficient (Wildman–Crippen LogP) is 0.0935. The van der Waals surface area contributed by atoms with Crippen molar-refractivity contribution in [2.24, 2.45) is 5.73 Å². The first kappa shape index (κ1) is 12.6. The number of aryl methyl sites for hydroxylation is 1. The van der Waals surface area contributed by atoms with Crippen LogP contribution in [0.1, 0.15) is 16.2 Å². The van der Waals surface area contributed by atoms with Crippen molar-refractivity contribution in [3.8, 4) is 0 Å². The zero-order valence-corrected chi connectivity index (χ0v) is 9.56. The van der Waals surface area contributed by atoms with Crippen molar-refractivity contribution in [2.45, 2.75) is 13.0 Å². The fourth-order valence-corrected chi connectivity index (χ4v) is 1.30. The summed E-state index contributed by atoms with van der Waals surface area (Å²) < 4.78 is 4.94. The largest absolute Gasteiger partial charge is 0.383 e. The summed E-state index contributed by atoms with van der Waals surface area (Å²) in [5, 5.41) is 2.76. The zero-order chi connectivity index (χ0) is 12.0. The SMILES string of the molecule is COCC(CN)NC(=O)c1cccc(C)n1. The second kappa shape index (κ2) is 6.19. The van der Waals surface area contributed by atoms with E-state index >= 15 is 0 Å². The molecule has 0 saturated heterocycles. The lowest BCUT2D eigenvalue weighted by Crippen LogP contribution is -2.43. The van der Waals surface area contributed by atoms with Crippen molar-refractivity contribution in [1.29, 1.82) is 0 Å². The molecule has 5 nitrogen and oxygen atoms in total. The molecule has 1 aromatic rings. The highest BCUT2D eigenvalue weighted by Gasteiger charge is 2.12. The van der Waals surface area contributed by atoms with E-state index in [2.05, 4.69) is 10.3 Å². The Morgan fingerprint density at radius 3 is 2.94 bits per heavy atom. The summed E-state index contributed by atoms with van der Waals surface area (Å²) in [6.07, 6.45) is 0. The highest BCUT2D eigenvalue weighted by atomic mass is 16.5. The number of rotatable bonds is 5. The Labute approximate surface area is 95.0 Å². The summed E-state index contributed by atoms with van der Waals surface area (Å²) >= 11 is 0. The summed E-state index contributed by atoms with van der Waals surface area (Å²) in [4.78, 5) is 15.9. The van der Waals surface area contributed by atoms with E-state index in [0.717, 1.165) is 5.69 Å². The molecule has 0 aromatic carbocycles. The fraction of sp³-hybridized carbons (Fsp3) is 0.455. The van der Waals surface area contributed by atoms with Crippen LogP contribution in [0, 0.1) is 6.92 Å². The fourth-order valence-electron chi connectivity index (χ4n) is 1.30. The summed E-state index contributed by atoms with van der Waals surface area (Å²) in [6, 6.07) is 5.12. The molecule has 0 bridgehead atoms. The van der Waals surface area contributed by atoms with Gasteiger partial charge >= 0.3 is 0 Å². The van der Waals surface area contributed by atoms with Crippen molar-refractivity contribution >= 4 is 5.91 Å². The van der Waals surface area contributed by atoms with Gasteiger partial charge in [0.25, 0.3) is 5.91 Å². The molecule has 5 heteroatoms. The monoisotopic (exact) mass is 223 g/mol. The maximum absolute atomic E-state index is 11.8. The predicted molar refractivity (Wildman–Crippen MR) is 61.2 cm³/mol. The number of aromatic nitrogens is 1. The molecule has 0 fully saturated rings. The van der Waals surface area contributed by atoms with Gasteiger partial charge in [0.05, 0.1) is 12.6 Å². The van der Waals surface area contributed by atoms with E-state index in [1.807, 2.05) is 13.0 Å². The number of methoxy groups -OCH3 is 1. The van der Waals surface area contributed by atoms with Crippen LogP contribution in [0.3, 0.4) is 0 Å². The van der Waals surface area contributed by atoms with Crippen LogP contribution in [0.2, 0.25) is 0 Å². The maximum Gasteiger partial charge on any atom is 0.270 e. The van der Waals surface area contributed by atoms with Gasteiger partial charge in [-0.15, -0.1) is 0 Å². The van der Waals surface area contributed by atoms with E-state index in [1.165, 1.54) is 0 Å². The van der Waals surface area contributed by atoms with Crippen molar-refractivity contribution in [1.82, 2.24) is 10.3 Å². The van der Waals surface area contributed by atoms with Gasteiger partial charge in [-0.2, -0.15) is 0 Å².